The van der Waals surface area contributed by atoms with Gasteiger partial charge in [-0.3, -0.25) is 0 Å². The fraction of sp³-hybridized carbons (Fsp3) is 0.500. The topological polar surface area (TPSA) is 0 Å². The van der Waals surface area contributed by atoms with Gasteiger partial charge in [-0.1, -0.05) is 36.8 Å². The molecule has 0 N–H and O–H groups in total. The third kappa shape index (κ3) is 1.16. The maximum absolute atomic E-state index is 2.36. The van der Waals surface area contributed by atoms with E-state index in [0.29, 0.717) is 5.92 Å². The highest BCUT2D eigenvalue weighted by Gasteiger charge is 2.24. The first-order valence-electron chi connectivity index (χ1n) is 4.83. The van der Waals surface area contributed by atoms with Crippen molar-refractivity contribution in [3.63, 3.8) is 0 Å². The minimum atomic E-state index is 0.712. The fourth-order valence-corrected chi connectivity index (χ4v) is 2.25. The highest BCUT2D eigenvalue weighted by atomic mass is 14.3. The molecule has 0 fully saturated rings. The van der Waals surface area contributed by atoms with E-state index in [2.05, 4.69) is 38.2 Å². The fourth-order valence-electron chi connectivity index (χ4n) is 2.25. The lowest BCUT2D eigenvalue weighted by Crippen LogP contribution is -2.18. The molecule has 0 heteroatoms. The van der Waals surface area contributed by atoms with Gasteiger partial charge in [-0.25, -0.2) is 0 Å². The molecule has 0 bridgehead atoms. The second-order valence-electron chi connectivity index (χ2n) is 4.02. The van der Waals surface area contributed by atoms with Crippen molar-refractivity contribution < 1.29 is 0 Å². The van der Waals surface area contributed by atoms with Gasteiger partial charge in [0.25, 0.3) is 0 Å². The first kappa shape index (κ1) is 7.85. The third-order valence-corrected chi connectivity index (χ3v) is 3.14. The Labute approximate surface area is 74.7 Å². The normalized spacial score (nSPS) is 33.8. The second kappa shape index (κ2) is 2.93. The molecular formula is C12H16. The Kier molecular flexibility index (Phi) is 1.92. The Morgan fingerprint density at radius 1 is 1.33 bits per heavy atom. The predicted octanol–water partition coefficient (Wildman–Crippen LogP) is 3.48. The van der Waals surface area contributed by atoms with Crippen LogP contribution in [0, 0.1) is 11.8 Å². The Morgan fingerprint density at radius 3 is 2.92 bits per heavy atom. The second-order valence-corrected chi connectivity index (χ2v) is 4.02. The first-order valence-corrected chi connectivity index (χ1v) is 4.83. The van der Waals surface area contributed by atoms with E-state index >= 15 is 0 Å². The average molecular weight is 160 g/mol. The van der Waals surface area contributed by atoms with Crippen LogP contribution in [0.2, 0.25) is 0 Å². The molecule has 2 rings (SSSR count). The molecule has 12 heavy (non-hydrogen) atoms. The van der Waals surface area contributed by atoms with Crippen molar-refractivity contribution in [2.24, 2.45) is 11.8 Å². The van der Waals surface area contributed by atoms with Gasteiger partial charge < -0.3 is 0 Å². The van der Waals surface area contributed by atoms with E-state index in [4.69, 9.17) is 0 Å². The number of hydrogen-bond donors (Lipinski definition) is 0. The van der Waals surface area contributed by atoms with Crippen LogP contribution in [0.4, 0.5) is 0 Å². The maximum Gasteiger partial charge on any atom is 0.00463 e. The van der Waals surface area contributed by atoms with Gasteiger partial charge in [0.1, 0.15) is 0 Å². The zero-order valence-electron chi connectivity index (χ0n) is 7.88. The van der Waals surface area contributed by atoms with Crippen molar-refractivity contribution in [1.29, 1.82) is 0 Å². The summed E-state index contributed by atoms with van der Waals surface area (Å²) < 4.78 is 0. The van der Waals surface area contributed by atoms with Crippen molar-refractivity contribution in [3.05, 3.63) is 35.5 Å². The third-order valence-electron chi connectivity index (χ3n) is 3.14. The standard InChI is InChI=1S/C12H16/c1-9-7-8-10(2)12-6-4-3-5-11(9)12/h3-6,9,11H,7-8H2,1-2H3. The van der Waals surface area contributed by atoms with Crippen LogP contribution in [-0.2, 0) is 0 Å². The lowest BCUT2D eigenvalue weighted by atomic mass is 9.74. The summed E-state index contributed by atoms with van der Waals surface area (Å²) in [6.45, 7) is 4.64. The van der Waals surface area contributed by atoms with Crippen LogP contribution >= 0.6 is 0 Å². The number of hydrogen-bond acceptors (Lipinski definition) is 0. The molecule has 0 nitrogen and oxygen atoms in total. The highest BCUT2D eigenvalue weighted by Crippen LogP contribution is 2.37. The highest BCUT2D eigenvalue weighted by molar-refractivity contribution is 5.38. The van der Waals surface area contributed by atoms with Crippen LogP contribution in [-0.4, -0.2) is 0 Å². The zero-order chi connectivity index (χ0) is 8.55. The minimum absolute atomic E-state index is 0.712. The molecule has 2 atom stereocenters. The Balaban J connectivity index is 2.38. The van der Waals surface area contributed by atoms with Crippen molar-refractivity contribution in [1.82, 2.24) is 0 Å². The van der Waals surface area contributed by atoms with Crippen LogP contribution < -0.4 is 0 Å². The van der Waals surface area contributed by atoms with Gasteiger partial charge in [0.05, 0.1) is 0 Å². The summed E-state index contributed by atoms with van der Waals surface area (Å²) in [7, 11) is 0. The molecular weight excluding hydrogens is 144 g/mol. The molecule has 0 aromatic rings. The first-order chi connectivity index (χ1) is 5.79. The largest absolute Gasteiger partial charge is 0.0767 e. The Hall–Kier alpha value is -0.780. The van der Waals surface area contributed by atoms with Gasteiger partial charge in [-0.2, -0.15) is 0 Å². The Bertz CT molecular complexity index is 266. The van der Waals surface area contributed by atoms with E-state index < -0.39 is 0 Å². The lowest BCUT2D eigenvalue weighted by Gasteiger charge is -2.30. The summed E-state index contributed by atoms with van der Waals surface area (Å²) in [6, 6.07) is 0. The number of allylic oxidation sites excluding steroid dienone is 6. The molecule has 0 radical (unpaired) electrons. The summed E-state index contributed by atoms with van der Waals surface area (Å²) in [5.74, 6) is 1.55. The van der Waals surface area contributed by atoms with Crippen molar-refractivity contribution >= 4 is 0 Å². The summed E-state index contributed by atoms with van der Waals surface area (Å²) in [5, 5.41) is 0. The average Bonchev–Trinajstić information content (AvgIpc) is 2.12. The molecule has 2 aliphatic rings. The smallest absolute Gasteiger partial charge is 0.00463 e. The van der Waals surface area contributed by atoms with E-state index in [1.54, 1.807) is 11.1 Å². The van der Waals surface area contributed by atoms with E-state index in [1.165, 1.54) is 12.8 Å². The summed E-state index contributed by atoms with van der Waals surface area (Å²) >= 11 is 0. The van der Waals surface area contributed by atoms with Gasteiger partial charge >= 0.3 is 0 Å². The molecule has 2 aliphatic carbocycles. The molecule has 0 saturated carbocycles. The molecule has 0 amide bonds. The minimum Gasteiger partial charge on any atom is -0.0767 e. The van der Waals surface area contributed by atoms with Crippen LogP contribution in [0.1, 0.15) is 26.7 Å². The molecule has 0 aromatic heterocycles. The van der Waals surface area contributed by atoms with Crippen LogP contribution in [0.15, 0.2) is 35.5 Å². The van der Waals surface area contributed by atoms with Gasteiger partial charge in [-0.05, 0) is 31.3 Å². The summed E-state index contributed by atoms with van der Waals surface area (Å²) in [6.07, 6.45) is 11.6. The molecule has 64 valence electrons. The van der Waals surface area contributed by atoms with E-state index in [9.17, 15) is 0 Å². The molecule has 0 heterocycles. The Morgan fingerprint density at radius 2 is 2.17 bits per heavy atom. The molecule has 2 unspecified atom stereocenters. The molecule has 0 saturated heterocycles. The number of rotatable bonds is 0. The summed E-state index contributed by atoms with van der Waals surface area (Å²) in [4.78, 5) is 0. The van der Waals surface area contributed by atoms with Gasteiger partial charge in [0, 0.05) is 5.92 Å². The van der Waals surface area contributed by atoms with Gasteiger partial charge in [-0.15, -0.1) is 0 Å². The van der Waals surface area contributed by atoms with Crippen LogP contribution in [0.5, 0.6) is 0 Å². The van der Waals surface area contributed by atoms with Gasteiger partial charge in [0.2, 0.25) is 0 Å². The quantitative estimate of drug-likeness (QED) is 0.509. The van der Waals surface area contributed by atoms with Crippen molar-refractivity contribution in [2.45, 2.75) is 26.7 Å². The SMILES string of the molecule is CC1=C2C=CC=CC2C(C)CC1. The van der Waals surface area contributed by atoms with E-state index in [-0.39, 0.29) is 0 Å². The lowest BCUT2D eigenvalue weighted by molar-refractivity contribution is 0.421. The van der Waals surface area contributed by atoms with Gasteiger partial charge in [0.15, 0.2) is 0 Å². The predicted molar refractivity (Wildman–Crippen MR) is 52.9 cm³/mol. The molecule has 0 spiro atoms. The summed E-state index contributed by atoms with van der Waals surface area (Å²) in [5.41, 5.74) is 3.18. The van der Waals surface area contributed by atoms with Crippen LogP contribution in [0.25, 0.3) is 0 Å². The maximum atomic E-state index is 2.36. The zero-order valence-corrected chi connectivity index (χ0v) is 7.88. The van der Waals surface area contributed by atoms with Crippen LogP contribution in [0.3, 0.4) is 0 Å². The van der Waals surface area contributed by atoms with E-state index in [1.807, 2.05) is 0 Å². The monoisotopic (exact) mass is 160 g/mol. The van der Waals surface area contributed by atoms with E-state index in [0.717, 1.165) is 5.92 Å². The molecule has 0 aromatic carbocycles. The van der Waals surface area contributed by atoms with Crippen molar-refractivity contribution in [2.75, 3.05) is 0 Å². The van der Waals surface area contributed by atoms with Crippen molar-refractivity contribution in [3.8, 4) is 0 Å². The molecule has 0 aliphatic heterocycles. The number of fused-ring (bicyclic) bond motifs is 1.